The Balaban J connectivity index is 2.00. The number of halogens is 1. The van der Waals surface area contributed by atoms with Crippen molar-refractivity contribution in [3.05, 3.63) is 28.2 Å². The summed E-state index contributed by atoms with van der Waals surface area (Å²) in [5.74, 6) is 0.0527. The standard InChI is InChI=1S/C16H24BrN3O/c1-3-6-20-7-4-15(5-8-20)19(2)16(21)12-9-13(17)11-14(18)10-12/h9-11,15H,3-8,18H2,1-2H3. The van der Waals surface area contributed by atoms with Gasteiger partial charge in [-0.2, -0.15) is 0 Å². The Morgan fingerprint density at radius 1 is 1.38 bits per heavy atom. The van der Waals surface area contributed by atoms with Gasteiger partial charge in [0, 0.05) is 41.9 Å². The SMILES string of the molecule is CCCN1CCC(N(C)C(=O)c2cc(N)cc(Br)c2)CC1. The number of likely N-dealkylation sites (tertiary alicyclic amines) is 1. The zero-order valence-corrected chi connectivity index (χ0v) is 14.4. The second-order valence-corrected chi connectivity index (χ2v) is 6.68. The van der Waals surface area contributed by atoms with Crippen molar-refractivity contribution in [3.8, 4) is 0 Å². The van der Waals surface area contributed by atoms with E-state index >= 15 is 0 Å². The van der Waals surface area contributed by atoms with Gasteiger partial charge in [-0.1, -0.05) is 22.9 Å². The third-order valence-electron chi connectivity index (χ3n) is 4.13. The molecule has 1 heterocycles. The van der Waals surface area contributed by atoms with Gasteiger partial charge >= 0.3 is 0 Å². The second-order valence-electron chi connectivity index (χ2n) is 5.76. The highest BCUT2D eigenvalue weighted by Crippen LogP contribution is 2.21. The summed E-state index contributed by atoms with van der Waals surface area (Å²) in [7, 11) is 1.90. The van der Waals surface area contributed by atoms with E-state index in [9.17, 15) is 4.79 Å². The zero-order chi connectivity index (χ0) is 15.4. The molecule has 1 aliphatic rings. The van der Waals surface area contributed by atoms with Crippen molar-refractivity contribution in [1.29, 1.82) is 0 Å². The third kappa shape index (κ3) is 4.20. The fourth-order valence-electron chi connectivity index (χ4n) is 2.95. The van der Waals surface area contributed by atoms with Gasteiger partial charge in [0.25, 0.3) is 5.91 Å². The molecule has 0 aliphatic carbocycles. The number of nitrogens with two attached hydrogens (primary N) is 1. The molecule has 0 aromatic heterocycles. The number of rotatable bonds is 4. The topological polar surface area (TPSA) is 49.6 Å². The van der Waals surface area contributed by atoms with E-state index in [0.717, 1.165) is 36.9 Å². The molecule has 5 heteroatoms. The predicted octanol–water partition coefficient (Wildman–Crippen LogP) is 2.98. The second kappa shape index (κ2) is 7.27. The van der Waals surface area contributed by atoms with Crippen LogP contribution >= 0.6 is 15.9 Å². The molecule has 1 amide bonds. The molecule has 0 unspecified atom stereocenters. The first kappa shape index (κ1) is 16.3. The minimum Gasteiger partial charge on any atom is -0.399 e. The van der Waals surface area contributed by atoms with Gasteiger partial charge < -0.3 is 15.5 Å². The van der Waals surface area contributed by atoms with Crippen molar-refractivity contribution >= 4 is 27.5 Å². The quantitative estimate of drug-likeness (QED) is 0.846. The number of nitrogens with zero attached hydrogens (tertiary/aromatic N) is 2. The largest absolute Gasteiger partial charge is 0.399 e. The number of carbonyl (C=O) groups is 1. The highest BCUT2D eigenvalue weighted by atomic mass is 79.9. The minimum atomic E-state index is 0.0527. The average molecular weight is 354 g/mol. The number of hydrogen-bond acceptors (Lipinski definition) is 3. The van der Waals surface area contributed by atoms with Crippen LogP contribution in [0.4, 0.5) is 5.69 Å². The first-order valence-electron chi connectivity index (χ1n) is 7.57. The van der Waals surface area contributed by atoms with Crippen LogP contribution in [0.15, 0.2) is 22.7 Å². The van der Waals surface area contributed by atoms with E-state index < -0.39 is 0 Å². The van der Waals surface area contributed by atoms with Crippen LogP contribution in [0.2, 0.25) is 0 Å². The first-order chi connectivity index (χ1) is 10.0. The number of amides is 1. The summed E-state index contributed by atoms with van der Waals surface area (Å²) in [6.45, 7) is 5.53. The Kier molecular flexibility index (Phi) is 5.65. The lowest BCUT2D eigenvalue weighted by atomic mass is 10.0. The molecule has 1 aromatic carbocycles. The summed E-state index contributed by atoms with van der Waals surface area (Å²) in [6.07, 6.45) is 3.29. The summed E-state index contributed by atoms with van der Waals surface area (Å²) in [5, 5.41) is 0. The van der Waals surface area contributed by atoms with Crippen LogP contribution in [0, 0.1) is 0 Å². The van der Waals surface area contributed by atoms with Gasteiger partial charge in [0.1, 0.15) is 0 Å². The maximum absolute atomic E-state index is 12.6. The monoisotopic (exact) mass is 353 g/mol. The number of nitrogen functional groups attached to an aromatic ring is 1. The van der Waals surface area contributed by atoms with Crippen LogP contribution in [-0.2, 0) is 0 Å². The van der Waals surface area contributed by atoms with Gasteiger partial charge in [-0.3, -0.25) is 4.79 Å². The average Bonchev–Trinajstić information content (AvgIpc) is 2.46. The van der Waals surface area contributed by atoms with Gasteiger partial charge in [-0.15, -0.1) is 0 Å². The Bertz CT molecular complexity index is 478. The normalized spacial score (nSPS) is 16.9. The number of piperidine rings is 1. The number of carbonyl (C=O) groups excluding carboxylic acids is 1. The summed E-state index contributed by atoms with van der Waals surface area (Å²) in [6, 6.07) is 5.71. The highest BCUT2D eigenvalue weighted by molar-refractivity contribution is 9.10. The van der Waals surface area contributed by atoms with Gasteiger partial charge in [0.2, 0.25) is 0 Å². The van der Waals surface area contributed by atoms with Gasteiger partial charge in [-0.05, 0) is 44.0 Å². The van der Waals surface area contributed by atoms with E-state index in [2.05, 4.69) is 27.8 Å². The lowest BCUT2D eigenvalue weighted by Crippen LogP contribution is -2.45. The number of anilines is 1. The molecule has 1 aromatic rings. The Hall–Kier alpha value is -1.07. The fraction of sp³-hybridized carbons (Fsp3) is 0.562. The van der Waals surface area contributed by atoms with Crippen molar-refractivity contribution in [2.24, 2.45) is 0 Å². The van der Waals surface area contributed by atoms with E-state index in [0.29, 0.717) is 17.3 Å². The van der Waals surface area contributed by atoms with Gasteiger partial charge in [0.05, 0.1) is 0 Å². The molecule has 0 atom stereocenters. The van der Waals surface area contributed by atoms with Crippen LogP contribution in [0.5, 0.6) is 0 Å². The molecule has 2 rings (SSSR count). The zero-order valence-electron chi connectivity index (χ0n) is 12.8. The maximum Gasteiger partial charge on any atom is 0.253 e. The summed E-state index contributed by atoms with van der Waals surface area (Å²) < 4.78 is 0.844. The van der Waals surface area contributed by atoms with E-state index in [1.807, 2.05) is 18.0 Å². The van der Waals surface area contributed by atoms with Gasteiger partial charge in [-0.25, -0.2) is 0 Å². The van der Waals surface area contributed by atoms with Gasteiger partial charge in [0.15, 0.2) is 0 Å². The lowest BCUT2D eigenvalue weighted by molar-refractivity contribution is 0.0642. The van der Waals surface area contributed by atoms with Crippen LogP contribution in [0.1, 0.15) is 36.5 Å². The molecule has 0 bridgehead atoms. The van der Waals surface area contributed by atoms with Crippen molar-refractivity contribution in [2.75, 3.05) is 32.4 Å². The maximum atomic E-state index is 12.6. The Morgan fingerprint density at radius 3 is 2.62 bits per heavy atom. The van der Waals surface area contributed by atoms with E-state index in [4.69, 9.17) is 5.73 Å². The molecule has 1 aliphatic heterocycles. The summed E-state index contributed by atoms with van der Waals surface area (Å²) in [5.41, 5.74) is 7.08. The smallest absolute Gasteiger partial charge is 0.253 e. The van der Waals surface area contributed by atoms with Crippen molar-refractivity contribution in [1.82, 2.24) is 9.80 Å². The Morgan fingerprint density at radius 2 is 2.05 bits per heavy atom. The van der Waals surface area contributed by atoms with Crippen LogP contribution in [0.3, 0.4) is 0 Å². The van der Waals surface area contributed by atoms with E-state index in [-0.39, 0.29) is 5.91 Å². The Labute approximate surface area is 135 Å². The molecule has 0 saturated carbocycles. The van der Waals surface area contributed by atoms with Crippen LogP contribution < -0.4 is 5.73 Å². The molecule has 2 N–H and O–H groups in total. The molecule has 1 saturated heterocycles. The summed E-state index contributed by atoms with van der Waals surface area (Å²) >= 11 is 3.39. The van der Waals surface area contributed by atoms with Crippen LogP contribution in [0.25, 0.3) is 0 Å². The van der Waals surface area contributed by atoms with Crippen molar-refractivity contribution in [2.45, 2.75) is 32.2 Å². The van der Waals surface area contributed by atoms with E-state index in [1.165, 1.54) is 6.42 Å². The predicted molar refractivity (Wildman–Crippen MR) is 90.4 cm³/mol. The molecule has 21 heavy (non-hydrogen) atoms. The minimum absolute atomic E-state index is 0.0527. The fourth-order valence-corrected chi connectivity index (χ4v) is 3.46. The lowest BCUT2D eigenvalue weighted by Gasteiger charge is -2.36. The van der Waals surface area contributed by atoms with Crippen molar-refractivity contribution in [3.63, 3.8) is 0 Å². The molecule has 4 nitrogen and oxygen atoms in total. The highest BCUT2D eigenvalue weighted by Gasteiger charge is 2.25. The molecular weight excluding hydrogens is 330 g/mol. The number of hydrogen-bond donors (Lipinski definition) is 1. The van der Waals surface area contributed by atoms with Crippen LogP contribution in [-0.4, -0.2) is 48.4 Å². The molecule has 0 radical (unpaired) electrons. The summed E-state index contributed by atoms with van der Waals surface area (Å²) in [4.78, 5) is 16.9. The van der Waals surface area contributed by atoms with E-state index in [1.54, 1.807) is 12.1 Å². The van der Waals surface area contributed by atoms with Crippen molar-refractivity contribution < 1.29 is 4.79 Å². The molecule has 1 fully saturated rings. The first-order valence-corrected chi connectivity index (χ1v) is 8.36. The third-order valence-corrected chi connectivity index (χ3v) is 4.59. The molecule has 0 spiro atoms. The molecular formula is C16H24BrN3O. The number of benzene rings is 1. The molecule has 116 valence electrons.